The van der Waals surface area contributed by atoms with E-state index in [2.05, 4.69) is 0 Å². The second kappa shape index (κ2) is 5.94. The monoisotopic (exact) mass is 310 g/mol. The lowest BCUT2D eigenvalue weighted by Gasteiger charge is -2.07. The highest BCUT2D eigenvalue weighted by Crippen LogP contribution is 2.31. The Labute approximate surface area is 122 Å². The SMILES string of the molecule is C.O=C(c1ccccc1)c1cc(S(=O)(=O)O)c(O)cc1O. The maximum atomic E-state index is 12.1. The molecule has 0 amide bonds. The molecule has 3 N–H and O–H groups in total. The van der Waals surface area contributed by atoms with Crippen LogP contribution in [0.5, 0.6) is 11.5 Å². The van der Waals surface area contributed by atoms with Crippen LogP contribution in [0.25, 0.3) is 0 Å². The van der Waals surface area contributed by atoms with Gasteiger partial charge in [0, 0.05) is 11.6 Å². The Bertz CT molecular complexity index is 766. The van der Waals surface area contributed by atoms with Crippen LogP contribution >= 0.6 is 0 Å². The predicted octanol–water partition coefficient (Wildman–Crippen LogP) is 2.21. The largest absolute Gasteiger partial charge is 0.507 e. The first-order chi connectivity index (χ1) is 9.30. The molecule has 112 valence electrons. The molecule has 2 rings (SSSR count). The lowest BCUT2D eigenvalue weighted by atomic mass is 10.0. The Morgan fingerprint density at radius 2 is 1.52 bits per heavy atom. The number of hydrogen-bond donors (Lipinski definition) is 3. The summed E-state index contributed by atoms with van der Waals surface area (Å²) in [6.07, 6.45) is 0. The zero-order chi connectivity index (χ0) is 14.9. The molecule has 6 nitrogen and oxygen atoms in total. The van der Waals surface area contributed by atoms with Gasteiger partial charge in [0.1, 0.15) is 16.4 Å². The molecule has 7 heteroatoms. The standard InChI is InChI=1S/C13H10O6S.CH4/c14-10-7-11(15)12(20(17,18)19)6-9(10)13(16)8-4-2-1-3-5-8;/h1-7,14-15H,(H,17,18,19);1H4. The van der Waals surface area contributed by atoms with E-state index in [-0.39, 0.29) is 18.6 Å². The van der Waals surface area contributed by atoms with E-state index in [1.54, 1.807) is 18.2 Å². The quantitative estimate of drug-likeness (QED) is 0.592. The third-order valence-corrected chi connectivity index (χ3v) is 3.52. The van der Waals surface area contributed by atoms with E-state index in [1.807, 2.05) is 0 Å². The molecule has 0 aromatic heterocycles. The molecule has 0 fully saturated rings. The second-order valence-corrected chi connectivity index (χ2v) is 5.40. The van der Waals surface area contributed by atoms with Crippen molar-refractivity contribution in [3.05, 3.63) is 53.6 Å². The fraction of sp³-hybridized carbons (Fsp3) is 0.0714. The van der Waals surface area contributed by atoms with Gasteiger partial charge in [-0.1, -0.05) is 37.8 Å². The smallest absolute Gasteiger partial charge is 0.298 e. The van der Waals surface area contributed by atoms with Crippen molar-refractivity contribution in [2.75, 3.05) is 0 Å². The molecule has 0 aliphatic heterocycles. The highest BCUT2D eigenvalue weighted by atomic mass is 32.2. The van der Waals surface area contributed by atoms with Gasteiger partial charge in [0.25, 0.3) is 10.1 Å². The first-order valence-corrected chi connectivity index (χ1v) is 6.88. The summed E-state index contributed by atoms with van der Waals surface area (Å²) in [4.78, 5) is 11.3. The molecule has 0 spiro atoms. The van der Waals surface area contributed by atoms with Gasteiger partial charge < -0.3 is 10.2 Å². The van der Waals surface area contributed by atoms with Crippen molar-refractivity contribution in [1.29, 1.82) is 0 Å². The summed E-state index contributed by atoms with van der Waals surface area (Å²) < 4.78 is 31.1. The lowest BCUT2D eigenvalue weighted by Crippen LogP contribution is -2.05. The summed E-state index contributed by atoms with van der Waals surface area (Å²) in [7, 11) is -4.70. The summed E-state index contributed by atoms with van der Waals surface area (Å²) in [5.41, 5.74) is -0.101. The van der Waals surface area contributed by atoms with Crippen LogP contribution in [0.15, 0.2) is 47.4 Å². The first kappa shape index (κ1) is 16.7. The molecule has 0 radical (unpaired) electrons. The van der Waals surface area contributed by atoms with Crippen LogP contribution in [0, 0.1) is 0 Å². The van der Waals surface area contributed by atoms with Gasteiger partial charge in [-0.15, -0.1) is 0 Å². The molecule has 2 aromatic rings. The van der Waals surface area contributed by atoms with Crippen LogP contribution in [0.1, 0.15) is 23.3 Å². The lowest BCUT2D eigenvalue weighted by molar-refractivity contribution is 0.103. The van der Waals surface area contributed by atoms with E-state index in [4.69, 9.17) is 4.55 Å². The first-order valence-electron chi connectivity index (χ1n) is 5.44. The summed E-state index contributed by atoms with van der Waals surface area (Å²) >= 11 is 0. The van der Waals surface area contributed by atoms with Crippen LogP contribution in [-0.2, 0) is 10.1 Å². The zero-order valence-corrected chi connectivity index (χ0v) is 10.8. The number of phenols is 2. The Balaban J connectivity index is 0.00000220. The van der Waals surface area contributed by atoms with E-state index in [0.717, 1.165) is 6.07 Å². The minimum atomic E-state index is -4.70. The van der Waals surface area contributed by atoms with Crippen LogP contribution < -0.4 is 0 Å². The summed E-state index contributed by atoms with van der Waals surface area (Å²) in [6.45, 7) is 0. The third kappa shape index (κ3) is 3.39. The summed E-state index contributed by atoms with van der Waals surface area (Å²) in [5.74, 6) is -2.05. The number of ketones is 1. The van der Waals surface area contributed by atoms with Crippen molar-refractivity contribution in [1.82, 2.24) is 0 Å². The van der Waals surface area contributed by atoms with Crippen LogP contribution in [0.4, 0.5) is 0 Å². The van der Waals surface area contributed by atoms with Crippen molar-refractivity contribution in [2.24, 2.45) is 0 Å². The maximum absolute atomic E-state index is 12.1. The zero-order valence-electron chi connectivity index (χ0n) is 10.0. The minimum Gasteiger partial charge on any atom is -0.507 e. The van der Waals surface area contributed by atoms with Gasteiger partial charge in [-0.3, -0.25) is 9.35 Å². The normalized spacial score (nSPS) is 10.7. The molecule has 0 aliphatic carbocycles. The number of carbonyl (C=O) groups excluding carboxylic acids is 1. The van der Waals surface area contributed by atoms with Crippen LogP contribution in [-0.4, -0.2) is 29.0 Å². The fourth-order valence-corrected chi connectivity index (χ4v) is 2.28. The van der Waals surface area contributed by atoms with E-state index < -0.39 is 32.3 Å². The summed E-state index contributed by atoms with van der Waals surface area (Å²) in [6, 6.07) is 9.30. The van der Waals surface area contributed by atoms with Gasteiger partial charge in [0.15, 0.2) is 5.78 Å². The number of rotatable bonds is 3. The van der Waals surface area contributed by atoms with Gasteiger partial charge >= 0.3 is 0 Å². The minimum absolute atomic E-state index is 0. The van der Waals surface area contributed by atoms with Gasteiger partial charge in [-0.05, 0) is 6.07 Å². The Hall–Kier alpha value is -2.38. The Morgan fingerprint density at radius 1 is 0.952 bits per heavy atom. The molecule has 0 heterocycles. The summed E-state index contributed by atoms with van der Waals surface area (Å²) in [5, 5.41) is 19.0. The number of phenolic OH excluding ortho intramolecular Hbond substituents is 2. The van der Waals surface area contributed by atoms with Crippen molar-refractivity contribution in [3.8, 4) is 11.5 Å². The predicted molar refractivity (Wildman–Crippen MR) is 76.2 cm³/mol. The highest BCUT2D eigenvalue weighted by molar-refractivity contribution is 7.86. The Kier molecular flexibility index (Phi) is 4.72. The molecular formula is C14H14O6S. The molecular weight excluding hydrogens is 296 g/mol. The molecule has 0 saturated heterocycles. The average molecular weight is 310 g/mol. The number of hydrogen-bond acceptors (Lipinski definition) is 5. The Morgan fingerprint density at radius 3 is 2.05 bits per heavy atom. The highest BCUT2D eigenvalue weighted by Gasteiger charge is 2.22. The van der Waals surface area contributed by atoms with Crippen molar-refractivity contribution in [3.63, 3.8) is 0 Å². The fourth-order valence-electron chi connectivity index (χ4n) is 1.69. The van der Waals surface area contributed by atoms with E-state index in [9.17, 15) is 23.4 Å². The van der Waals surface area contributed by atoms with Gasteiger partial charge in [0.05, 0.1) is 5.56 Å². The topological polar surface area (TPSA) is 112 Å². The molecule has 21 heavy (non-hydrogen) atoms. The molecule has 0 atom stereocenters. The maximum Gasteiger partial charge on any atom is 0.298 e. The van der Waals surface area contributed by atoms with Gasteiger partial charge in [-0.2, -0.15) is 8.42 Å². The average Bonchev–Trinajstić information content (AvgIpc) is 2.37. The van der Waals surface area contributed by atoms with E-state index >= 15 is 0 Å². The van der Waals surface area contributed by atoms with Crippen LogP contribution in [0.2, 0.25) is 0 Å². The van der Waals surface area contributed by atoms with Crippen molar-refractivity contribution >= 4 is 15.9 Å². The molecule has 0 aliphatic rings. The number of aromatic hydroxyl groups is 2. The second-order valence-electron chi connectivity index (χ2n) is 4.01. The van der Waals surface area contributed by atoms with Crippen molar-refractivity contribution < 1.29 is 28.0 Å². The van der Waals surface area contributed by atoms with Gasteiger partial charge in [0.2, 0.25) is 0 Å². The van der Waals surface area contributed by atoms with E-state index in [0.29, 0.717) is 6.07 Å². The molecule has 2 aromatic carbocycles. The number of carbonyl (C=O) groups is 1. The van der Waals surface area contributed by atoms with Crippen molar-refractivity contribution in [2.45, 2.75) is 12.3 Å². The third-order valence-electron chi connectivity index (χ3n) is 2.64. The van der Waals surface area contributed by atoms with Gasteiger partial charge in [-0.25, -0.2) is 0 Å². The van der Waals surface area contributed by atoms with Crippen LogP contribution in [0.3, 0.4) is 0 Å². The molecule has 0 bridgehead atoms. The molecule has 0 saturated carbocycles. The number of benzene rings is 2. The van der Waals surface area contributed by atoms with E-state index in [1.165, 1.54) is 12.1 Å². The molecule has 0 unspecified atom stereocenters.